The summed E-state index contributed by atoms with van der Waals surface area (Å²) in [5.41, 5.74) is 8.06. The number of amides is 1. The lowest BCUT2D eigenvalue weighted by molar-refractivity contribution is -0.117. The van der Waals surface area contributed by atoms with E-state index < -0.39 is 0 Å². The Kier molecular flexibility index (Phi) is 4.79. The summed E-state index contributed by atoms with van der Waals surface area (Å²) in [6.45, 7) is 4.92. The Morgan fingerprint density at radius 2 is 2.25 bits per heavy atom. The molecule has 0 unspecified atom stereocenters. The molecule has 4 heteroatoms. The molecule has 1 aromatic rings. The van der Waals surface area contributed by atoms with Crippen LogP contribution in [0, 0.1) is 6.92 Å². The standard InChI is InChI=1S/C12H18N2O2/c1-3-16-7-6-12(15)14-11-8-9(2)4-5-10(11)13/h4-5,8H,3,6-7,13H2,1-2H3,(H,14,15). The van der Waals surface area contributed by atoms with E-state index in [4.69, 9.17) is 10.5 Å². The van der Waals surface area contributed by atoms with Crippen molar-refractivity contribution >= 4 is 17.3 Å². The van der Waals surface area contributed by atoms with E-state index in [0.717, 1.165) is 5.56 Å². The maximum absolute atomic E-state index is 11.5. The van der Waals surface area contributed by atoms with Crippen LogP contribution in [0.1, 0.15) is 18.9 Å². The fourth-order valence-corrected chi connectivity index (χ4v) is 1.30. The first kappa shape index (κ1) is 12.5. The molecule has 0 bridgehead atoms. The summed E-state index contributed by atoms with van der Waals surface area (Å²) in [6, 6.07) is 5.55. The van der Waals surface area contributed by atoms with E-state index in [1.807, 2.05) is 26.0 Å². The van der Waals surface area contributed by atoms with E-state index in [1.165, 1.54) is 0 Å². The van der Waals surface area contributed by atoms with Crippen molar-refractivity contribution in [2.75, 3.05) is 24.3 Å². The maximum Gasteiger partial charge on any atom is 0.226 e. The number of carbonyl (C=O) groups excluding carboxylic acids is 1. The molecule has 0 saturated heterocycles. The number of carbonyl (C=O) groups is 1. The Bertz CT molecular complexity index is 364. The van der Waals surface area contributed by atoms with Gasteiger partial charge >= 0.3 is 0 Å². The van der Waals surface area contributed by atoms with E-state index in [0.29, 0.717) is 31.0 Å². The molecular formula is C12H18N2O2. The maximum atomic E-state index is 11.5. The minimum atomic E-state index is -0.0780. The van der Waals surface area contributed by atoms with Gasteiger partial charge in [0.15, 0.2) is 0 Å². The van der Waals surface area contributed by atoms with Gasteiger partial charge in [-0.15, -0.1) is 0 Å². The second-order valence-corrected chi connectivity index (χ2v) is 3.59. The van der Waals surface area contributed by atoms with Crippen molar-refractivity contribution in [3.63, 3.8) is 0 Å². The smallest absolute Gasteiger partial charge is 0.226 e. The molecule has 0 aliphatic carbocycles. The molecule has 0 aromatic heterocycles. The molecule has 3 N–H and O–H groups in total. The quantitative estimate of drug-likeness (QED) is 0.591. The Morgan fingerprint density at radius 1 is 1.50 bits per heavy atom. The van der Waals surface area contributed by atoms with Crippen LogP contribution < -0.4 is 11.1 Å². The van der Waals surface area contributed by atoms with Gasteiger partial charge in [-0.1, -0.05) is 6.07 Å². The van der Waals surface area contributed by atoms with Crippen LogP contribution in [-0.2, 0) is 9.53 Å². The molecule has 0 spiro atoms. The van der Waals surface area contributed by atoms with Crippen molar-refractivity contribution in [2.45, 2.75) is 20.3 Å². The van der Waals surface area contributed by atoms with Gasteiger partial charge in [-0.3, -0.25) is 4.79 Å². The molecular weight excluding hydrogens is 204 g/mol. The van der Waals surface area contributed by atoms with Crippen molar-refractivity contribution in [3.8, 4) is 0 Å². The van der Waals surface area contributed by atoms with E-state index in [9.17, 15) is 4.79 Å². The molecule has 16 heavy (non-hydrogen) atoms. The average Bonchev–Trinajstić information content (AvgIpc) is 2.24. The summed E-state index contributed by atoms with van der Waals surface area (Å²) >= 11 is 0. The number of hydrogen-bond donors (Lipinski definition) is 2. The number of benzene rings is 1. The summed E-state index contributed by atoms with van der Waals surface area (Å²) < 4.78 is 5.10. The molecule has 0 heterocycles. The molecule has 88 valence electrons. The first-order valence-electron chi connectivity index (χ1n) is 5.37. The zero-order valence-corrected chi connectivity index (χ0v) is 9.75. The van der Waals surface area contributed by atoms with Gasteiger partial charge in [0.05, 0.1) is 24.4 Å². The van der Waals surface area contributed by atoms with Crippen LogP contribution in [0.4, 0.5) is 11.4 Å². The molecule has 1 rings (SSSR count). The Balaban J connectivity index is 2.52. The summed E-state index contributed by atoms with van der Waals surface area (Å²) in [6.07, 6.45) is 0.348. The fourth-order valence-electron chi connectivity index (χ4n) is 1.30. The minimum absolute atomic E-state index is 0.0780. The molecule has 4 nitrogen and oxygen atoms in total. The number of nitrogen functional groups attached to an aromatic ring is 1. The van der Waals surface area contributed by atoms with Crippen molar-refractivity contribution in [3.05, 3.63) is 23.8 Å². The number of nitrogens with two attached hydrogens (primary N) is 1. The summed E-state index contributed by atoms with van der Waals surface area (Å²) in [5.74, 6) is -0.0780. The highest BCUT2D eigenvalue weighted by Gasteiger charge is 2.05. The minimum Gasteiger partial charge on any atom is -0.397 e. The highest BCUT2D eigenvalue weighted by Crippen LogP contribution is 2.19. The number of rotatable bonds is 5. The monoisotopic (exact) mass is 222 g/mol. The molecule has 0 atom stereocenters. The van der Waals surface area contributed by atoms with Crippen LogP contribution in [0.25, 0.3) is 0 Å². The van der Waals surface area contributed by atoms with Crippen LogP contribution >= 0.6 is 0 Å². The second kappa shape index (κ2) is 6.12. The number of hydrogen-bond acceptors (Lipinski definition) is 3. The third kappa shape index (κ3) is 3.90. The average molecular weight is 222 g/mol. The highest BCUT2D eigenvalue weighted by atomic mass is 16.5. The summed E-state index contributed by atoms with van der Waals surface area (Å²) in [7, 11) is 0. The zero-order valence-electron chi connectivity index (χ0n) is 9.75. The second-order valence-electron chi connectivity index (χ2n) is 3.59. The predicted octanol–water partition coefficient (Wildman–Crippen LogP) is 1.94. The Morgan fingerprint density at radius 3 is 2.94 bits per heavy atom. The van der Waals surface area contributed by atoms with E-state index >= 15 is 0 Å². The topological polar surface area (TPSA) is 64.3 Å². The molecule has 1 aromatic carbocycles. The van der Waals surface area contributed by atoms with Gasteiger partial charge in [-0.2, -0.15) is 0 Å². The van der Waals surface area contributed by atoms with Crippen LogP contribution in [0.15, 0.2) is 18.2 Å². The zero-order chi connectivity index (χ0) is 12.0. The first-order valence-corrected chi connectivity index (χ1v) is 5.37. The normalized spacial score (nSPS) is 10.1. The van der Waals surface area contributed by atoms with Crippen LogP contribution in [0.2, 0.25) is 0 Å². The Hall–Kier alpha value is -1.55. The van der Waals surface area contributed by atoms with E-state index in [-0.39, 0.29) is 5.91 Å². The lowest BCUT2D eigenvalue weighted by atomic mass is 10.2. The third-order valence-corrected chi connectivity index (χ3v) is 2.16. The molecule has 1 amide bonds. The van der Waals surface area contributed by atoms with Crippen LogP contribution in [0.3, 0.4) is 0 Å². The van der Waals surface area contributed by atoms with Gasteiger partial charge < -0.3 is 15.8 Å². The lowest BCUT2D eigenvalue weighted by Crippen LogP contribution is -2.15. The fraction of sp³-hybridized carbons (Fsp3) is 0.417. The van der Waals surface area contributed by atoms with E-state index in [2.05, 4.69) is 5.32 Å². The molecule has 0 aliphatic rings. The van der Waals surface area contributed by atoms with Crippen LogP contribution in [-0.4, -0.2) is 19.1 Å². The van der Waals surface area contributed by atoms with Gasteiger partial charge in [0.1, 0.15) is 0 Å². The lowest BCUT2D eigenvalue weighted by Gasteiger charge is -2.08. The van der Waals surface area contributed by atoms with E-state index in [1.54, 1.807) is 6.07 Å². The van der Waals surface area contributed by atoms with Crippen molar-refractivity contribution in [2.24, 2.45) is 0 Å². The van der Waals surface area contributed by atoms with Gasteiger partial charge in [0, 0.05) is 6.61 Å². The number of aryl methyl sites for hydroxylation is 1. The largest absolute Gasteiger partial charge is 0.397 e. The predicted molar refractivity (Wildman–Crippen MR) is 65.3 cm³/mol. The molecule has 0 radical (unpaired) electrons. The van der Waals surface area contributed by atoms with Gasteiger partial charge in [0.25, 0.3) is 0 Å². The number of nitrogens with one attached hydrogen (secondary N) is 1. The van der Waals surface area contributed by atoms with Crippen molar-refractivity contribution < 1.29 is 9.53 Å². The SMILES string of the molecule is CCOCCC(=O)Nc1cc(C)ccc1N. The Labute approximate surface area is 95.8 Å². The van der Waals surface area contributed by atoms with Gasteiger partial charge in [-0.25, -0.2) is 0 Å². The van der Waals surface area contributed by atoms with Crippen molar-refractivity contribution in [1.29, 1.82) is 0 Å². The van der Waals surface area contributed by atoms with Gasteiger partial charge in [-0.05, 0) is 31.5 Å². The third-order valence-electron chi connectivity index (χ3n) is 2.16. The molecule has 0 aliphatic heterocycles. The highest BCUT2D eigenvalue weighted by molar-refractivity contribution is 5.93. The molecule has 0 fully saturated rings. The number of anilines is 2. The van der Waals surface area contributed by atoms with Gasteiger partial charge in [0.2, 0.25) is 5.91 Å². The number of ether oxygens (including phenoxy) is 1. The molecule has 0 saturated carbocycles. The summed E-state index contributed by atoms with van der Waals surface area (Å²) in [5, 5.41) is 2.77. The van der Waals surface area contributed by atoms with Crippen molar-refractivity contribution in [1.82, 2.24) is 0 Å². The first-order chi connectivity index (χ1) is 7.63. The summed E-state index contributed by atoms with van der Waals surface area (Å²) in [4.78, 5) is 11.5. The van der Waals surface area contributed by atoms with Crippen LogP contribution in [0.5, 0.6) is 0 Å².